The molecule has 100 valence electrons. The molecular weight excluding hydrogens is 225 g/mol. The number of hydrogen-bond donors (Lipinski definition) is 0. The Bertz CT molecular complexity index is 394. The molecular formula is C16H24FN. The summed E-state index contributed by atoms with van der Waals surface area (Å²) in [6.07, 6.45) is 2.30. The van der Waals surface area contributed by atoms with E-state index in [2.05, 4.69) is 32.6 Å². The Morgan fingerprint density at radius 2 is 1.56 bits per heavy atom. The van der Waals surface area contributed by atoms with Gasteiger partial charge in [0.1, 0.15) is 5.82 Å². The molecule has 0 bridgehead atoms. The van der Waals surface area contributed by atoms with Crippen LogP contribution >= 0.6 is 0 Å². The van der Waals surface area contributed by atoms with Gasteiger partial charge in [-0.15, -0.1) is 0 Å². The molecule has 1 heterocycles. The molecule has 2 heteroatoms. The summed E-state index contributed by atoms with van der Waals surface area (Å²) in [4.78, 5) is 2.54. The zero-order valence-corrected chi connectivity index (χ0v) is 12.0. The maximum atomic E-state index is 13.0. The number of halogens is 1. The monoisotopic (exact) mass is 249 g/mol. The van der Waals surface area contributed by atoms with Crippen LogP contribution in [0.25, 0.3) is 0 Å². The first-order chi connectivity index (χ1) is 8.31. The summed E-state index contributed by atoms with van der Waals surface area (Å²) >= 11 is 0. The first kappa shape index (κ1) is 13.5. The quantitative estimate of drug-likeness (QED) is 0.727. The molecule has 1 aliphatic rings. The van der Waals surface area contributed by atoms with Crippen LogP contribution in [0.15, 0.2) is 24.3 Å². The Kier molecular flexibility index (Phi) is 3.50. The fourth-order valence-corrected chi connectivity index (χ4v) is 2.81. The summed E-state index contributed by atoms with van der Waals surface area (Å²) in [7, 11) is 0. The standard InChI is InChI=1S/C16H24FN/c1-15(2,3)18-11-9-16(4,10-12-18)13-5-7-14(17)8-6-13/h5-8H,9-12H2,1-4H3. The van der Waals surface area contributed by atoms with Crippen LogP contribution in [0.2, 0.25) is 0 Å². The van der Waals surface area contributed by atoms with E-state index in [4.69, 9.17) is 0 Å². The summed E-state index contributed by atoms with van der Waals surface area (Å²) in [5.74, 6) is -0.144. The zero-order valence-electron chi connectivity index (χ0n) is 12.0. The second kappa shape index (κ2) is 4.65. The lowest BCUT2D eigenvalue weighted by atomic mass is 9.74. The minimum Gasteiger partial charge on any atom is -0.298 e. The van der Waals surface area contributed by atoms with Gasteiger partial charge in [0.25, 0.3) is 0 Å². The van der Waals surface area contributed by atoms with E-state index in [0.29, 0.717) is 0 Å². The van der Waals surface area contributed by atoms with Crippen LogP contribution < -0.4 is 0 Å². The number of nitrogens with zero attached hydrogens (tertiary/aromatic N) is 1. The molecule has 0 N–H and O–H groups in total. The average molecular weight is 249 g/mol. The van der Waals surface area contributed by atoms with Gasteiger partial charge in [0.05, 0.1) is 0 Å². The van der Waals surface area contributed by atoms with Gasteiger partial charge in [-0.3, -0.25) is 4.90 Å². The molecule has 0 radical (unpaired) electrons. The topological polar surface area (TPSA) is 3.24 Å². The van der Waals surface area contributed by atoms with E-state index in [1.165, 1.54) is 5.56 Å². The molecule has 2 rings (SSSR count). The molecule has 0 amide bonds. The van der Waals surface area contributed by atoms with Crippen molar-refractivity contribution in [1.29, 1.82) is 0 Å². The minimum atomic E-state index is -0.144. The summed E-state index contributed by atoms with van der Waals surface area (Å²) in [5.41, 5.74) is 1.73. The van der Waals surface area contributed by atoms with Gasteiger partial charge in [0.15, 0.2) is 0 Å². The second-order valence-electron chi connectivity index (χ2n) is 6.73. The second-order valence-corrected chi connectivity index (χ2v) is 6.73. The number of rotatable bonds is 1. The molecule has 18 heavy (non-hydrogen) atoms. The Morgan fingerprint density at radius 1 is 1.06 bits per heavy atom. The summed E-state index contributed by atoms with van der Waals surface area (Å²) in [6.45, 7) is 11.4. The molecule has 0 unspecified atom stereocenters. The molecule has 1 aromatic carbocycles. The molecule has 1 aromatic rings. The van der Waals surface area contributed by atoms with Crippen molar-refractivity contribution in [3.8, 4) is 0 Å². The van der Waals surface area contributed by atoms with Crippen LogP contribution in [0.1, 0.15) is 46.1 Å². The Balaban J connectivity index is 2.10. The molecule has 0 aromatic heterocycles. The van der Waals surface area contributed by atoms with E-state index < -0.39 is 0 Å². The highest BCUT2D eigenvalue weighted by molar-refractivity contribution is 5.26. The van der Waals surface area contributed by atoms with Gasteiger partial charge in [-0.2, -0.15) is 0 Å². The van der Waals surface area contributed by atoms with Crippen molar-refractivity contribution in [2.45, 2.75) is 51.5 Å². The van der Waals surface area contributed by atoms with Gasteiger partial charge in [0, 0.05) is 5.54 Å². The fraction of sp³-hybridized carbons (Fsp3) is 0.625. The molecule has 1 aliphatic heterocycles. The van der Waals surface area contributed by atoms with Crippen molar-refractivity contribution in [1.82, 2.24) is 4.90 Å². The van der Waals surface area contributed by atoms with Crippen LogP contribution in [-0.2, 0) is 5.41 Å². The van der Waals surface area contributed by atoms with E-state index in [-0.39, 0.29) is 16.8 Å². The zero-order chi connectivity index (χ0) is 13.4. The predicted octanol–water partition coefficient (Wildman–Crippen LogP) is 3.98. The molecule has 1 saturated heterocycles. The fourth-order valence-electron chi connectivity index (χ4n) is 2.81. The smallest absolute Gasteiger partial charge is 0.123 e. The van der Waals surface area contributed by atoms with E-state index in [1.54, 1.807) is 12.1 Å². The summed E-state index contributed by atoms with van der Waals surface area (Å²) < 4.78 is 13.0. The van der Waals surface area contributed by atoms with E-state index in [0.717, 1.165) is 25.9 Å². The summed E-state index contributed by atoms with van der Waals surface area (Å²) in [6, 6.07) is 7.05. The molecule has 0 aliphatic carbocycles. The van der Waals surface area contributed by atoms with Gasteiger partial charge in [-0.05, 0) is 69.8 Å². The van der Waals surface area contributed by atoms with E-state index in [9.17, 15) is 4.39 Å². The number of benzene rings is 1. The Labute approximate surface area is 110 Å². The van der Waals surface area contributed by atoms with Crippen molar-refractivity contribution >= 4 is 0 Å². The molecule has 1 fully saturated rings. The van der Waals surface area contributed by atoms with Crippen molar-refractivity contribution in [2.24, 2.45) is 0 Å². The SMILES string of the molecule is CC1(c2ccc(F)cc2)CCN(C(C)(C)C)CC1. The first-order valence-corrected chi connectivity index (χ1v) is 6.82. The highest BCUT2D eigenvalue weighted by atomic mass is 19.1. The van der Waals surface area contributed by atoms with Crippen molar-refractivity contribution < 1.29 is 4.39 Å². The first-order valence-electron chi connectivity index (χ1n) is 6.82. The van der Waals surface area contributed by atoms with Crippen molar-refractivity contribution in [3.05, 3.63) is 35.6 Å². The largest absolute Gasteiger partial charge is 0.298 e. The highest BCUT2D eigenvalue weighted by Crippen LogP contribution is 2.36. The van der Waals surface area contributed by atoms with Gasteiger partial charge in [-0.25, -0.2) is 4.39 Å². The van der Waals surface area contributed by atoms with Crippen LogP contribution in [0, 0.1) is 5.82 Å². The maximum absolute atomic E-state index is 13.0. The van der Waals surface area contributed by atoms with Gasteiger partial charge >= 0.3 is 0 Å². The third-order valence-electron chi connectivity index (χ3n) is 4.36. The third-order valence-corrected chi connectivity index (χ3v) is 4.36. The molecule has 1 nitrogen and oxygen atoms in total. The van der Waals surface area contributed by atoms with Crippen LogP contribution in [0.3, 0.4) is 0 Å². The van der Waals surface area contributed by atoms with E-state index in [1.807, 2.05) is 12.1 Å². The normalized spacial score (nSPS) is 20.9. The Morgan fingerprint density at radius 3 is 2.00 bits per heavy atom. The van der Waals surface area contributed by atoms with Crippen LogP contribution in [-0.4, -0.2) is 23.5 Å². The number of likely N-dealkylation sites (tertiary alicyclic amines) is 1. The van der Waals surface area contributed by atoms with Crippen LogP contribution in [0.5, 0.6) is 0 Å². The van der Waals surface area contributed by atoms with Crippen molar-refractivity contribution in [2.75, 3.05) is 13.1 Å². The van der Waals surface area contributed by atoms with Gasteiger partial charge < -0.3 is 0 Å². The molecule has 0 saturated carbocycles. The minimum absolute atomic E-state index is 0.144. The third kappa shape index (κ3) is 2.74. The Hall–Kier alpha value is -0.890. The molecule has 0 spiro atoms. The van der Waals surface area contributed by atoms with E-state index >= 15 is 0 Å². The lowest BCUT2D eigenvalue weighted by Crippen LogP contribution is -2.49. The lowest BCUT2D eigenvalue weighted by molar-refractivity contribution is 0.0794. The molecule has 0 atom stereocenters. The van der Waals surface area contributed by atoms with Crippen LogP contribution in [0.4, 0.5) is 4.39 Å². The highest BCUT2D eigenvalue weighted by Gasteiger charge is 2.34. The number of piperidine rings is 1. The predicted molar refractivity (Wildman–Crippen MR) is 74.3 cm³/mol. The summed E-state index contributed by atoms with van der Waals surface area (Å²) in [5, 5.41) is 0. The van der Waals surface area contributed by atoms with Gasteiger partial charge in [-0.1, -0.05) is 19.1 Å². The maximum Gasteiger partial charge on any atom is 0.123 e. The van der Waals surface area contributed by atoms with Gasteiger partial charge in [0.2, 0.25) is 0 Å². The average Bonchev–Trinajstić information content (AvgIpc) is 2.29. The lowest BCUT2D eigenvalue weighted by Gasteiger charge is -2.45. The van der Waals surface area contributed by atoms with Crippen molar-refractivity contribution in [3.63, 3.8) is 0 Å². The number of hydrogen-bond acceptors (Lipinski definition) is 1.